The molecule has 0 radical (unpaired) electrons. The molecule has 6 heteroatoms. The topological polar surface area (TPSA) is 78.4 Å². The summed E-state index contributed by atoms with van der Waals surface area (Å²) >= 11 is 0. The number of aliphatic hydroxyl groups is 1. The Kier molecular flexibility index (Phi) is 4.90. The van der Waals surface area contributed by atoms with Gasteiger partial charge in [0.05, 0.1) is 5.56 Å². The van der Waals surface area contributed by atoms with Gasteiger partial charge in [-0.05, 0) is 24.6 Å². The van der Waals surface area contributed by atoms with Gasteiger partial charge in [0.1, 0.15) is 12.4 Å². The fourth-order valence-corrected chi connectivity index (χ4v) is 2.04. The first kappa shape index (κ1) is 15.0. The van der Waals surface area contributed by atoms with E-state index in [9.17, 15) is 14.0 Å². The minimum Gasteiger partial charge on any atom is -0.384 e. The molecular formula is C15H15FN2O3. The molecule has 1 aliphatic rings. The van der Waals surface area contributed by atoms with E-state index in [0.717, 1.165) is 6.07 Å². The lowest BCUT2D eigenvalue weighted by molar-refractivity contribution is -0.119. The van der Waals surface area contributed by atoms with Crippen LogP contribution in [-0.4, -0.2) is 36.1 Å². The van der Waals surface area contributed by atoms with Crippen LogP contribution in [0.25, 0.3) is 0 Å². The molecule has 1 aromatic rings. The summed E-state index contributed by atoms with van der Waals surface area (Å²) in [5.41, 5.74) is 0.315. The molecule has 3 N–H and O–H groups in total. The molecule has 1 fully saturated rings. The predicted octanol–water partition coefficient (Wildman–Crippen LogP) is 0.178. The van der Waals surface area contributed by atoms with Crippen molar-refractivity contribution in [2.75, 3.05) is 13.2 Å². The molecule has 21 heavy (non-hydrogen) atoms. The largest absolute Gasteiger partial charge is 0.384 e. The van der Waals surface area contributed by atoms with Crippen molar-refractivity contribution in [2.24, 2.45) is 0 Å². The van der Waals surface area contributed by atoms with Gasteiger partial charge in [-0.1, -0.05) is 11.8 Å². The highest BCUT2D eigenvalue weighted by atomic mass is 19.1. The molecule has 1 atom stereocenters. The molecule has 1 saturated heterocycles. The minimum absolute atomic E-state index is 0.0212. The van der Waals surface area contributed by atoms with E-state index in [4.69, 9.17) is 5.11 Å². The van der Waals surface area contributed by atoms with Crippen LogP contribution in [-0.2, 0) is 4.79 Å². The summed E-state index contributed by atoms with van der Waals surface area (Å²) in [5.74, 6) is 3.76. The molecule has 0 aromatic heterocycles. The Bertz CT molecular complexity index is 619. The zero-order valence-electron chi connectivity index (χ0n) is 11.3. The molecule has 0 bridgehead atoms. The molecule has 1 heterocycles. The van der Waals surface area contributed by atoms with E-state index in [1.807, 2.05) is 0 Å². The maximum atomic E-state index is 13.7. The number of carbonyl (C=O) groups excluding carboxylic acids is 2. The van der Waals surface area contributed by atoms with Gasteiger partial charge in [-0.2, -0.15) is 0 Å². The van der Waals surface area contributed by atoms with E-state index >= 15 is 0 Å². The number of halogens is 1. The van der Waals surface area contributed by atoms with Crippen LogP contribution in [0.15, 0.2) is 18.2 Å². The highest BCUT2D eigenvalue weighted by Crippen LogP contribution is 2.10. The monoisotopic (exact) mass is 290 g/mol. The van der Waals surface area contributed by atoms with E-state index in [2.05, 4.69) is 22.5 Å². The molecule has 5 nitrogen and oxygen atoms in total. The van der Waals surface area contributed by atoms with Gasteiger partial charge >= 0.3 is 0 Å². The average molecular weight is 290 g/mol. The van der Waals surface area contributed by atoms with Crippen molar-refractivity contribution in [2.45, 2.75) is 18.9 Å². The van der Waals surface area contributed by atoms with Gasteiger partial charge < -0.3 is 15.7 Å². The SMILES string of the molecule is O=C1CCC(CNC(=O)c2ccc(C#CCO)c(F)c2)N1. The smallest absolute Gasteiger partial charge is 0.251 e. The number of aliphatic hydroxyl groups excluding tert-OH is 1. The van der Waals surface area contributed by atoms with Crippen LogP contribution in [0.4, 0.5) is 4.39 Å². The van der Waals surface area contributed by atoms with Crippen LogP contribution in [0.2, 0.25) is 0 Å². The number of hydrogen-bond donors (Lipinski definition) is 3. The lowest BCUT2D eigenvalue weighted by Gasteiger charge is -2.11. The highest BCUT2D eigenvalue weighted by Gasteiger charge is 2.21. The van der Waals surface area contributed by atoms with Gasteiger partial charge in [0.25, 0.3) is 5.91 Å². The predicted molar refractivity (Wildman–Crippen MR) is 73.9 cm³/mol. The van der Waals surface area contributed by atoms with Crippen LogP contribution in [0.3, 0.4) is 0 Å². The van der Waals surface area contributed by atoms with E-state index in [0.29, 0.717) is 19.4 Å². The molecule has 1 aromatic carbocycles. The van der Waals surface area contributed by atoms with Gasteiger partial charge in [0, 0.05) is 24.6 Å². The number of amides is 2. The maximum Gasteiger partial charge on any atom is 0.251 e. The summed E-state index contributed by atoms with van der Waals surface area (Å²) in [6.45, 7) is -0.0347. The van der Waals surface area contributed by atoms with E-state index in [-0.39, 0.29) is 29.7 Å². The van der Waals surface area contributed by atoms with Gasteiger partial charge in [0.2, 0.25) is 5.91 Å². The Morgan fingerprint density at radius 1 is 1.52 bits per heavy atom. The number of carbonyl (C=O) groups is 2. The third-order valence-electron chi connectivity index (χ3n) is 3.13. The van der Waals surface area contributed by atoms with Crippen LogP contribution < -0.4 is 10.6 Å². The molecule has 1 aliphatic heterocycles. The Hall–Kier alpha value is -2.39. The summed E-state index contributed by atoms with van der Waals surface area (Å²) in [6, 6.07) is 3.89. The molecule has 2 rings (SSSR count). The van der Waals surface area contributed by atoms with Crippen LogP contribution in [0.1, 0.15) is 28.8 Å². The first-order valence-electron chi connectivity index (χ1n) is 6.57. The van der Waals surface area contributed by atoms with Crippen molar-refractivity contribution in [3.8, 4) is 11.8 Å². The van der Waals surface area contributed by atoms with Crippen molar-refractivity contribution < 1.29 is 19.1 Å². The van der Waals surface area contributed by atoms with Crippen molar-refractivity contribution in [1.29, 1.82) is 0 Å². The first-order valence-corrected chi connectivity index (χ1v) is 6.57. The van der Waals surface area contributed by atoms with Crippen molar-refractivity contribution in [1.82, 2.24) is 10.6 Å². The van der Waals surface area contributed by atoms with E-state index < -0.39 is 11.7 Å². The lowest BCUT2D eigenvalue weighted by Crippen LogP contribution is -2.38. The molecule has 110 valence electrons. The quantitative estimate of drug-likeness (QED) is 0.695. The number of benzene rings is 1. The lowest BCUT2D eigenvalue weighted by atomic mass is 10.1. The normalized spacial score (nSPS) is 16.9. The van der Waals surface area contributed by atoms with Crippen LogP contribution in [0, 0.1) is 17.7 Å². The van der Waals surface area contributed by atoms with Crippen molar-refractivity contribution >= 4 is 11.8 Å². The molecule has 1 unspecified atom stereocenters. The van der Waals surface area contributed by atoms with Crippen LogP contribution >= 0.6 is 0 Å². The Balaban J connectivity index is 1.96. The van der Waals surface area contributed by atoms with Gasteiger partial charge in [-0.3, -0.25) is 9.59 Å². The van der Waals surface area contributed by atoms with Gasteiger partial charge in [0.15, 0.2) is 0 Å². The summed E-state index contributed by atoms with van der Waals surface area (Å²) < 4.78 is 13.7. The molecule has 0 spiro atoms. The molecule has 2 amide bonds. The van der Waals surface area contributed by atoms with Crippen molar-refractivity contribution in [3.63, 3.8) is 0 Å². The molecular weight excluding hydrogens is 275 g/mol. The summed E-state index contributed by atoms with van der Waals surface area (Å²) in [5, 5.41) is 14.0. The first-order chi connectivity index (χ1) is 10.1. The second-order valence-electron chi connectivity index (χ2n) is 4.67. The standard InChI is InChI=1S/C15H15FN2O3/c16-13-8-11(4-3-10(13)2-1-7-19)15(21)17-9-12-5-6-14(20)18-12/h3-4,8,12,19H,5-7,9H2,(H,17,21)(H,18,20). The molecule has 0 aliphatic carbocycles. The number of nitrogens with one attached hydrogen (secondary N) is 2. The molecule has 0 saturated carbocycles. The highest BCUT2D eigenvalue weighted by molar-refractivity contribution is 5.94. The van der Waals surface area contributed by atoms with Crippen molar-refractivity contribution in [3.05, 3.63) is 35.1 Å². The summed E-state index contributed by atoms with van der Waals surface area (Å²) in [4.78, 5) is 22.9. The van der Waals surface area contributed by atoms with E-state index in [1.165, 1.54) is 12.1 Å². The van der Waals surface area contributed by atoms with Gasteiger partial charge in [-0.15, -0.1) is 0 Å². The second-order valence-corrected chi connectivity index (χ2v) is 4.67. The van der Waals surface area contributed by atoms with Crippen LogP contribution in [0.5, 0.6) is 0 Å². The Labute approximate surface area is 121 Å². The second kappa shape index (κ2) is 6.86. The minimum atomic E-state index is -0.613. The summed E-state index contributed by atoms with van der Waals surface area (Å²) in [6.07, 6.45) is 1.15. The average Bonchev–Trinajstić information content (AvgIpc) is 2.89. The summed E-state index contributed by atoms with van der Waals surface area (Å²) in [7, 11) is 0. The Morgan fingerprint density at radius 3 is 2.95 bits per heavy atom. The number of rotatable bonds is 3. The number of hydrogen-bond acceptors (Lipinski definition) is 3. The zero-order chi connectivity index (χ0) is 15.2. The zero-order valence-corrected chi connectivity index (χ0v) is 11.3. The Morgan fingerprint density at radius 2 is 2.33 bits per heavy atom. The van der Waals surface area contributed by atoms with E-state index in [1.54, 1.807) is 0 Å². The fourth-order valence-electron chi connectivity index (χ4n) is 2.04. The third-order valence-corrected chi connectivity index (χ3v) is 3.13. The van der Waals surface area contributed by atoms with Gasteiger partial charge in [-0.25, -0.2) is 4.39 Å². The third kappa shape index (κ3) is 4.04. The fraction of sp³-hybridized carbons (Fsp3) is 0.333. The maximum absolute atomic E-state index is 13.7.